The van der Waals surface area contributed by atoms with Crippen LogP contribution in [0.3, 0.4) is 0 Å². The molecule has 0 aliphatic rings. The molecule has 2 aromatic carbocycles. The maximum absolute atomic E-state index is 12.6. The van der Waals surface area contributed by atoms with Crippen LogP contribution >= 0.6 is 11.6 Å². The first-order valence-corrected chi connectivity index (χ1v) is 9.35. The zero-order valence-corrected chi connectivity index (χ0v) is 16.4. The van der Waals surface area contributed by atoms with Crippen molar-refractivity contribution in [2.24, 2.45) is 0 Å². The third-order valence-electron chi connectivity index (χ3n) is 4.36. The number of nitrogens with zero attached hydrogens (tertiary/aromatic N) is 1. The topological polar surface area (TPSA) is 68.5 Å². The molecule has 0 saturated heterocycles. The average molecular weight is 410 g/mol. The Bertz CT molecular complexity index is 1020. The molecule has 0 bridgehead atoms. The molecule has 6 heteroatoms. The van der Waals surface area contributed by atoms with Crippen molar-refractivity contribution < 1.29 is 19.4 Å². The van der Waals surface area contributed by atoms with E-state index in [4.69, 9.17) is 21.4 Å². The fraction of sp³-hybridized carbons (Fsp3) is 0.130. The Balaban J connectivity index is 1.66. The number of halogens is 1. The van der Waals surface area contributed by atoms with Gasteiger partial charge in [0.1, 0.15) is 0 Å². The van der Waals surface area contributed by atoms with Gasteiger partial charge in [-0.1, -0.05) is 48.5 Å². The zero-order valence-electron chi connectivity index (χ0n) is 15.6. The largest absolute Gasteiger partial charge is 0.479 e. The number of carboxylic acid groups (broad SMARTS) is 1. The molecule has 3 aromatic rings. The van der Waals surface area contributed by atoms with Crippen molar-refractivity contribution in [3.05, 3.63) is 107 Å². The summed E-state index contributed by atoms with van der Waals surface area (Å²) in [6, 6.07) is 16.3. The fourth-order valence-electron chi connectivity index (χ4n) is 2.90. The number of hydrogen-bond donors (Lipinski definition) is 1. The van der Waals surface area contributed by atoms with Gasteiger partial charge in [-0.05, 0) is 41.5 Å². The maximum atomic E-state index is 12.6. The van der Waals surface area contributed by atoms with Crippen LogP contribution in [-0.4, -0.2) is 27.5 Å². The van der Waals surface area contributed by atoms with Gasteiger partial charge in [0, 0.05) is 35.1 Å². The molecule has 0 amide bonds. The Morgan fingerprint density at radius 3 is 2.52 bits per heavy atom. The number of aliphatic carboxylic acids is 1. The number of rotatable bonds is 9. The van der Waals surface area contributed by atoms with Gasteiger partial charge in [0.2, 0.25) is 0 Å². The van der Waals surface area contributed by atoms with E-state index >= 15 is 0 Å². The monoisotopic (exact) mass is 409 g/mol. The van der Waals surface area contributed by atoms with Crippen LogP contribution in [0, 0.1) is 0 Å². The number of carboxylic acids is 1. The van der Waals surface area contributed by atoms with E-state index in [0.29, 0.717) is 22.7 Å². The molecule has 1 N–H and O–H groups in total. The summed E-state index contributed by atoms with van der Waals surface area (Å²) in [5.74, 6) is -1.13. The number of aromatic nitrogens is 1. The summed E-state index contributed by atoms with van der Waals surface area (Å²) in [5, 5.41) is 9.60. The van der Waals surface area contributed by atoms with Crippen molar-refractivity contribution >= 4 is 23.4 Å². The summed E-state index contributed by atoms with van der Waals surface area (Å²) >= 11 is 5.87. The highest BCUT2D eigenvalue weighted by Gasteiger charge is 2.14. The molecule has 0 radical (unpaired) electrons. The molecule has 0 aliphatic carbocycles. The van der Waals surface area contributed by atoms with Crippen molar-refractivity contribution in [2.75, 3.05) is 0 Å². The normalized spacial score (nSPS) is 11.8. The molecule has 3 rings (SSSR count). The second-order valence-electron chi connectivity index (χ2n) is 6.53. The van der Waals surface area contributed by atoms with Crippen LogP contribution in [-0.2, 0) is 22.7 Å². The predicted molar refractivity (Wildman–Crippen MR) is 111 cm³/mol. The van der Waals surface area contributed by atoms with Gasteiger partial charge in [-0.2, -0.15) is 0 Å². The van der Waals surface area contributed by atoms with Gasteiger partial charge < -0.3 is 14.4 Å². The van der Waals surface area contributed by atoms with Crippen LogP contribution in [0.2, 0.25) is 5.02 Å². The SMILES string of the molecule is C=C[C@H](OCc1cccc(Cn2ccc(C(=O)c3ccc(Cl)cc3)c2)c1)C(=O)O. The molecule has 1 heterocycles. The molecule has 0 spiro atoms. The lowest BCUT2D eigenvalue weighted by molar-refractivity contribution is -0.147. The van der Waals surface area contributed by atoms with Crippen molar-refractivity contribution in [1.29, 1.82) is 0 Å². The van der Waals surface area contributed by atoms with E-state index in [2.05, 4.69) is 6.58 Å². The van der Waals surface area contributed by atoms with E-state index in [9.17, 15) is 9.59 Å². The molecular formula is C23H20ClNO4. The highest BCUT2D eigenvalue weighted by atomic mass is 35.5. The van der Waals surface area contributed by atoms with Crippen LogP contribution < -0.4 is 0 Å². The Kier molecular flexibility index (Phi) is 6.65. The first kappa shape index (κ1) is 20.6. The molecule has 148 valence electrons. The number of ketones is 1. The lowest BCUT2D eigenvalue weighted by Gasteiger charge is -2.10. The summed E-state index contributed by atoms with van der Waals surface area (Å²) in [6.45, 7) is 4.21. The van der Waals surface area contributed by atoms with E-state index in [-0.39, 0.29) is 12.4 Å². The van der Waals surface area contributed by atoms with Gasteiger partial charge in [-0.15, -0.1) is 0 Å². The first-order valence-electron chi connectivity index (χ1n) is 8.97. The summed E-state index contributed by atoms with van der Waals surface area (Å²) < 4.78 is 7.28. The number of ether oxygens (including phenoxy) is 1. The standard InChI is InChI=1S/C23H20ClNO4/c1-2-21(23(27)28)29-15-17-5-3-4-16(12-17)13-25-11-10-19(14-25)22(26)18-6-8-20(24)9-7-18/h2-12,14,21H,1,13,15H2,(H,27,28)/t21-/m0/s1. The highest BCUT2D eigenvalue weighted by molar-refractivity contribution is 6.30. The lowest BCUT2D eigenvalue weighted by Crippen LogP contribution is -2.20. The van der Waals surface area contributed by atoms with Gasteiger partial charge >= 0.3 is 5.97 Å². The summed E-state index contributed by atoms with van der Waals surface area (Å²) in [5.41, 5.74) is 3.06. The van der Waals surface area contributed by atoms with Crippen LogP contribution in [0.15, 0.2) is 79.6 Å². The van der Waals surface area contributed by atoms with Crippen molar-refractivity contribution in [1.82, 2.24) is 4.57 Å². The molecule has 1 aromatic heterocycles. The van der Waals surface area contributed by atoms with E-state index in [1.165, 1.54) is 6.08 Å². The Morgan fingerprint density at radius 2 is 1.83 bits per heavy atom. The van der Waals surface area contributed by atoms with Gasteiger partial charge in [0.15, 0.2) is 11.9 Å². The van der Waals surface area contributed by atoms with Crippen LogP contribution in [0.5, 0.6) is 0 Å². The van der Waals surface area contributed by atoms with Gasteiger partial charge in [-0.3, -0.25) is 4.79 Å². The smallest absolute Gasteiger partial charge is 0.336 e. The Morgan fingerprint density at radius 1 is 1.10 bits per heavy atom. The first-order chi connectivity index (χ1) is 14.0. The Hall–Kier alpha value is -3.15. The maximum Gasteiger partial charge on any atom is 0.336 e. The van der Waals surface area contributed by atoms with Crippen LogP contribution in [0.1, 0.15) is 27.0 Å². The molecular weight excluding hydrogens is 390 g/mol. The van der Waals surface area contributed by atoms with Crippen LogP contribution in [0.25, 0.3) is 0 Å². The number of carbonyl (C=O) groups is 2. The number of benzene rings is 2. The van der Waals surface area contributed by atoms with Crippen molar-refractivity contribution in [3.8, 4) is 0 Å². The summed E-state index contributed by atoms with van der Waals surface area (Å²) in [4.78, 5) is 23.6. The quantitative estimate of drug-likeness (QED) is 0.415. The van der Waals surface area contributed by atoms with Crippen molar-refractivity contribution in [2.45, 2.75) is 19.3 Å². The van der Waals surface area contributed by atoms with E-state index in [1.54, 1.807) is 36.5 Å². The van der Waals surface area contributed by atoms with Crippen LogP contribution in [0.4, 0.5) is 0 Å². The minimum atomic E-state index is -1.07. The Labute approximate surface area is 173 Å². The molecule has 29 heavy (non-hydrogen) atoms. The second kappa shape index (κ2) is 9.37. The number of carbonyl (C=O) groups excluding carboxylic acids is 1. The molecule has 0 unspecified atom stereocenters. The van der Waals surface area contributed by atoms with Gasteiger partial charge in [-0.25, -0.2) is 4.79 Å². The molecule has 1 atom stereocenters. The van der Waals surface area contributed by atoms with Gasteiger partial charge in [0.25, 0.3) is 0 Å². The van der Waals surface area contributed by atoms with Crippen molar-refractivity contribution in [3.63, 3.8) is 0 Å². The molecule has 5 nitrogen and oxygen atoms in total. The molecule has 0 saturated carbocycles. The summed E-state index contributed by atoms with van der Waals surface area (Å²) in [6.07, 6.45) is 3.87. The predicted octanol–water partition coefficient (Wildman–Crippen LogP) is 4.58. The van der Waals surface area contributed by atoms with E-state index in [1.807, 2.05) is 35.0 Å². The second-order valence-corrected chi connectivity index (χ2v) is 6.97. The number of hydrogen-bond acceptors (Lipinski definition) is 3. The zero-order chi connectivity index (χ0) is 20.8. The molecule has 0 fully saturated rings. The summed E-state index contributed by atoms with van der Waals surface area (Å²) in [7, 11) is 0. The van der Waals surface area contributed by atoms with Gasteiger partial charge in [0.05, 0.1) is 6.61 Å². The third kappa shape index (κ3) is 5.44. The minimum Gasteiger partial charge on any atom is -0.479 e. The highest BCUT2D eigenvalue weighted by Crippen LogP contribution is 2.16. The fourth-order valence-corrected chi connectivity index (χ4v) is 3.02. The molecule has 0 aliphatic heterocycles. The minimum absolute atomic E-state index is 0.0632. The lowest BCUT2D eigenvalue weighted by atomic mass is 10.1. The third-order valence-corrected chi connectivity index (χ3v) is 4.61. The van der Waals surface area contributed by atoms with E-state index in [0.717, 1.165) is 11.1 Å². The van der Waals surface area contributed by atoms with E-state index < -0.39 is 12.1 Å². The average Bonchev–Trinajstić information content (AvgIpc) is 3.17.